The van der Waals surface area contributed by atoms with Crippen molar-refractivity contribution < 1.29 is 0 Å². The zero-order valence-electron chi connectivity index (χ0n) is 10.5. The van der Waals surface area contributed by atoms with Crippen LogP contribution in [0.4, 0.5) is 11.5 Å². The van der Waals surface area contributed by atoms with Gasteiger partial charge in [-0.3, -0.25) is 0 Å². The van der Waals surface area contributed by atoms with Gasteiger partial charge in [-0.2, -0.15) is 0 Å². The molecule has 3 heteroatoms. The number of piperidine rings is 1. The lowest BCUT2D eigenvalue weighted by Crippen LogP contribution is -2.38. The molecule has 0 unspecified atom stereocenters. The Kier molecular flexibility index (Phi) is 2.78. The SMILES string of the molecule is Cc1ccnc(N2CCC(C)(C)CC2)c1N. The van der Waals surface area contributed by atoms with Crippen LogP contribution in [0.5, 0.6) is 0 Å². The van der Waals surface area contributed by atoms with Gasteiger partial charge in [-0.15, -0.1) is 0 Å². The molecule has 0 radical (unpaired) electrons. The van der Waals surface area contributed by atoms with Crippen LogP contribution in [0.2, 0.25) is 0 Å². The zero-order valence-corrected chi connectivity index (χ0v) is 10.5. The summed E-state index contributed by atoms with van der Waals surface area (Å²) < 4.78 is 0. The molecule has 0 bridgehead atoms. The van der Waals surface area contributed by atoms with Gasteiger partial charge in [0, 0.05) is 19.3 Å². The van der Waals surface area contributed by atoms with Gasteiger partial charge in [0.05, 0.1) is 5.69 Å². The molecule has 1 aromatic rings. The average Bonchev–Trinajstić information content (AvgIpc) is 2.23. The third kappa shape index (κ3) is 2.13. The summed E-state index contributed by atoms with van der Waals surface area (Å²) in [6.45, 7) is 8.82. The first-order chi connectivity index (χ1) is 7.49. The molecular weight excluding hydrogens is 198 g/mol. The van der Waals surface area contributed by atoms with Crippen molar-refractivity contribution in [3.8, 4) is 0 Å². The molecule has 1 aromatic heterocycles. The van der Waals surface area contributed by atoms with Crippen molar-refractivity contribution in [2.75, 3.05) is 23.7 Å². The average molecular weight is 219 g/mol. The third-order valence-electron chi connectivity index (χ3n) is 3.60. The number of pyridine rings is 1. The van der Waals surface area contributed by atoms with Crippen molar-refractivity contribution in [2.45, 2.75) is 33.6 Å². The highest BCUT2D eigenvalue weighted by Gasteiger charge is 2.26. The summed E-state index contributed by atoms with van der Waals surface area (Å²) >= 11 is 0. The van der Waals surface area contributed by atoms with E-state index in [1.807, 2.05) is 19.2 Å². The number of hydrogen-bond donors (Lipinski definition) is 1. The van der Waals surface area contributed by atoms with Gasteiger partial charge in [0.25, 0.3) is 0 Å². The molecule has 0 spiro atoms. The lowest BCUT2D eigenvalue weighted by atomic mass is 9.82. The molecule has 0 aromatic carbocycles. The highest BCUT2D eigenvalue weighted by atomic mass is 15.2. The van der Waals surface area contributed by atoms with Gasteiger partial charge in [-0.25, -0.2) is 4.98 Å². The normalized spacial score (nSPS) is 19.8. The minimum absolute atomic E-state index is 0.467. The molecule has 0 atom stereocenters. The van der Waals surface area contributed by atoms with Crippen LogP contribution < -0.4 is 10.6 Å². The van der Waals surface area contributed by atoms with Crippen molar-refractivity contribution in [1.82, 2.24) is 4.98 Å². The maximum absolute atomic E-state index is 6.08. The standard InChI is InChI=1S/C13H21N3/c1-10-4-7-15-12(11(10)14)16-8-5-13(2,3)6-9-16/h4,7H,5-6,8-9,14H2,1-3H3. The lowest BCUT2D eigenvalue weighted by molar-refractivity contribution is 0.279. The minimum Gasteiger partial charge on any atom is -0.396 e. The van der Waals surface area contributed by atoms with E-state index in [1.165, 1.54) is 12.8 Å². The number of aryl methyl sites for hydroxylation is 1. The van der Waals surface area contributed by atoms with Crippen molar-refractivity contribution in [3.63, 3.8) is 0 Å². The number of hydrogen-bond acceptors (Lipinski definition) is 3. The fourth-order valence-corrected chi connectivity index (χ4v) is 2.13. The predicted molar refractivity (Wildman–Crippen MR) is 68.6 cm³/mol. The molecule has 1 aliphatic rings. The van der Waals surface area contributed by atoms with E-state index in [1.54, 1.807) is 0 Å². The Balaban J connectivity index is 2.17. The van der Waals surface area contributed by atoms with Crippen LogP contribution in [0.1, 0.15) is 32.3 Å². The van der Waals surface area contributed by atoms with E-state index < -0.39 is 0 Å². The largest absolute Gasteiger partial charge is 0.396 e. The molecule has 2 heterocycles. The minimum atomic E-state index is 0.467. The summed E-state index contributed by atoms with van der Waals surface area (Å²) in [4.78, 5) is 6.72. The van der Waals surface area contributed by atoms with Gasteiger partial charge in [-0.1, -0.05) is 13.8 Å². The van der Waals surface area contributed by atoms with Crippen molar-refractivity contribution in [1.29, 1.82) is 0 Å². The van der Waals surface area contributed by atoms with E-state index in [4.69, 9.17) is 5.73 Å². The molecule has 2 rings (SSSR count). The number of nitrogens with two attached hydrogens (primary N) is 1. The monoisotopic (exact) mass is 219 g/mol. The predicted octanol–water partition coefficient (Wildman–Crippen LogP) is 2.60. The van der Waals surface area contributed by atoms with E-state index in [9.17, 15) is 0 Å². The van der Waals surface area contributed by atoms with E-state index >= 15 is 0 Å². The number of rotatable bonds is 1. The number of nitrogen functional groups attached to an aromatic ring is 1. The molecule has 88 valence electrons. The summed E-state index contributed by atoms with van der Waals surface area (Å²) in [7, 11) is 0. The fraction of sp³-hybridized carbons (Fsp3) is 0.615. The Hall–Kier alpha value is -1.25. The Labute approximate surface area is 97.7 Å². The van der Waals surface area contributed by atoms with Crippen LogP contribution in [0.15, 0.2) is 12.3 Å². The summed E-state index contributed by atoms with van der Waals surface area (Å²) in [6.07, 6.45) is 4.27. The van der Waals surface area contributed by atoms with Gasteiger partial charge >= 0.3 is 0 Å². The maximum atomic E-state index is 6.08. The van der Waals surface area contributed by atoms with Gasteiger partial charge in [0.15, 0.2) is 5.82 Å². The first-order valence-electron chi connectivity index (χ1n) is 5.96. The Bertz CT molecular complexity index is 375. The topological polar surface area (TPSA) is 42.2 Å². The first-order valence-corrected chi connectivity index (χ1v) is 5.96. The molecule has 1 aliphatic heterocycles. The van der Waals surface area contributed by atoms with E-state index in [0.717, 1.165) is 30.2 Å². The van der Waals surface area contributed by atoms with Crippen LogP contribution in [0.3, 0.4) is 0 Å². The number of anilines is 2. The van der Waals surface area contributed by atoms with Crippen LogP contribution >= 0.6 is 0 Å². The second-order valence-electron chi connectivity index (χ2n) is 5.52. The molecule has 16 heavy (non-hydrogen) atoms. The molecule has 1 saturated heterocycles. The zero-order chi connectivity index (χ0) is 11.8. The van der Waals surface area contributed by atoms with Crippen molar-refractivity contribution in [3.05, 3.63) is 17.8 Å². The summed E-state index contributed by atoms with van der Waals surface area (Å²) in [6, 6.07) is 1.96. The highest BCUT2D eigenvalue weighted by Crippen LogP contribution is 2.33. The molecule has 0 amide bonds. The van der Waals surface area contributed by atoms with Crippen LogP contribution in [-0.2, 0) is 0 Å². The lowest BCUT2D eigenvalue weighted by Gasteiger charge is -2.38. The second-order valence-corrected chi connectivity index (χ2v) is 5.52. The molecule has 3 nitrogen and oxygen atoms in total. The molecule has 2 N–H and O–H groups in total. The van der Waals surface area contributed by atoms with E-state index in [2.05, 4.69) is 23.7 Å². The molecular formula is C13H21N3. The maximum Gasteiger partial charge on any atom is 0.152 e. The Morgan fingerprint density at radius 3 is 2.56 bits per heavy atom. The van der Waals surface area contributed by atoms with E-state index in [0.29, 0.717) is 5.41 Å². The van der Waals surface area contributed by atoms with Gasteiger partial charge in [0.2, 0.25) is 0 Å². The summed E-state index contributed by atoms with van der Waals surface area (Å²) in [5.74, 6) is 0.968. The smallest absolute Gasteiger partial charge is 0.152 e. The van der Waals surface area contributed by atoms with Crippen LogP contribution in [0.25, 0.3) is 0 Å². The van der Waals surface area contributed by atoms with Gasteiger partial charge in [-0.05, 0) is 36.8 Å². The van der Waals surface area contributed by atoms with Crippen molar-refractivity contribution in [2.24, 2.45) is 5.41 Å². The number of aromatic nitrogens is 1. The quantitative estimate of drug-likeness (QED) is 0.789. The van der Waals surface area contributed by atoms with E-state index in [-0.39, 0.29) is 0 Å². The van der Waals surface area contributed by atoms with Gasteiger partial charge < -0.3 is 10.6 Å². The van der Waals surface area contributed by atoms with Crippen LogP contribution in [-0.4, -0.2) is 18.1 Å². The first kappa shape index (κ1) is 11.2. The van der Waals surface area contributed by atoms with Crippen molar-refractivity contribution >= 4 is 11.5 Å². The Morgan fingerprint density at radius 1 is 1.31 bits per heavy atom. The molecule has 0 saturated carbocycles. The summed E-state index contributed by atoms with van der Waals surface area (Å²) in [5, 5.41) is 0. The Morgan fingerprint density at radius 2 is 1.94 bits per heavy atom. The fourth-order valence-electron chi connectivity index (χ4n) is 2.13. The second kappa shape index (κ2) is 3.96. The molecule has 0 aliphatic carbocycles. The van der Waals surface area contributed by atoms with Crippen LogP contribution in [0, 0.1) is 12.3 Å². The summed E-state index contributed by atoms with van der Waals surface area (Å²) in [5.41, 5.74) is 8.50. The third-order valence-corrected chi connectivity index (χ3v) is 3.60. The number of nitrogens with zero attached hydrogens (tertiary/aromatic N) is 2. The van der Waals surface area contributed by atoms with Gasteiger partial charge in [0.1, 0.15) is 0 Å². The molecule has 1 fully saturated rings. The highest BCUT2D eigenvalue weighted by molar-refractivity contribution is 5.66.